The molecular formula is C24H24N2O3S. The summed E-state index contributed by atoms with van der Waals surface area (Å²) < 4.78 is 28.0. The lowest BCUT2D eigenvalue weighted by molar-refractivity contribution is 0.102. The van der Waals surface area contributed by atoms with Crippen LogP contribution in [0.3, 0.4) is 0 Å². The zero-order valence-corrected chi connectivity index (χ0v) is 17.8. The van der Waals surface area contributed by atoms with Gasteiger partial charge in [0.1, 0.15) is 0 Å². The topological polar surface area (TPSA) is 66.5 Å². The van der Waals surface area contributed by atoms with E-state index in [1.54, 1.807) is 12.1 Å². The summed E-state index contributed by atoms with van der Waals surface area (Å²) in [6.45, 7) is 4.53. The Hall–Kier alpha value is -3.12. The van der Waals surface area contributed by atoms with E-state index < -0.39 is 10.0 Å². The molecule has 1 heterocycles. The highest BCUT2D eigenvalue weighted by Crippen LogP contribution is 2.33. The molecule has 154 valence electrons. The number of sulfonamides is 1. The first-order valence-electron chi connectivity index (χ1n) is 9.99. The lowest BCUT2D eigenvalue weighted by Crippen LogP contribution is -2.29. The van der Waals surface area contributed by atoms with Gasteiger partial charge in [0.25, 0.3) is 15.9 Å². The summed E-state index contributed by atoms with van der Waals surface area (Å²) in [5.74, 6) is -0.0783. The minimum Gasteiger partial charge on any atom is -0.322 e. The predicted octanol–water partition coefficient (Wildman–Crippen LogP) is 4.81. The van der Waals surface area contributed by atoms with Gasteiger partial charge in [-0.15, -0.1) is 0 Å². The second-order valence-corrected chi connectivity index (χ2v) is 9.54. The number of hydrogen-bond donors (Lipinski definition) is 1. The largest absolute Gasteiger partial charge is 0.322 e. The van der Waals surface area contributed by atoms with Crippen LogP contribution in [-0.4, -0.2) is 20.9 Å². The summed E-state index contributed by atoms with van der Waals surface area (Å²) in [6, 6.07) is 21.4. The van der Waals surface area contributed by atoms with Crippen LogP contribution in [0.5, 0.6) is 0 Å². The van der Waals surface area contributed by atoms with Crippen molar-refractivity contribution in [3.63, 3.8) is 0 Å². The molecule has 6 heteroatoms. The quantitative estimate of drug-likeness (QED) is 0.644. The van der Waals surface area contributed by atoms with Crippen molar-refractivity contribution in [3.05, 3.63) is 89.5 Å². The SMILES string of the molecule is CC(C)c1ccccc1NC(=O)c1cccc(S(=O)(=O)N2CCc3ccccc32)c1. The summed E-state index contributed by atoms with van der Waals surface area (Å²) in [4.78, 5) is 13.0. The number of benzene rings is 3. The number of hydrogen-bond acceptors (Lipinski definition) is 3. The molecule has 4 rings (SSSR count). The van der Waals surface area contributed by atoms with Crippen LogP contribution in [0, 0.1) is 0 Å². The van der Waals surface area contributed by atoms with Gasteiger partial charge < -0.3 is 5.32 Å². The van der Waals surface area contributed by atoms with Crippen molar-refractivity contribution in [1.82, 2.24) is 0 Å². The van der Waals surface area contributed by atoms with Gasteiger partial charge in [-0.1, -0.05) is 56.3 Å². The Kier molecular flexibility index (Phi) is 5.35. The predicted molar refractivity (Wildman–Crippen MR) is 120 cm³/mol. The third kappa shape index (κ3) is 3.71. The number of nitrogens with one attached hydrogen (secondary N) is 1. The smallest absolute Gasteiger partial charge is 0.264 e. The zero-order valence-electron chi connectivity index (χ0n) is 17.0. The van der Waals surface area contributed by atoms with Crippen LogP contribution >= 0.6 is 0 Å². The lowest BCUT2D eigenvalue weighted by atomic mass is 10.0. The molecular weight excluding hydrogens is 396 g/mol. The molecule has 1 N–H and O–H groups in total. The first-order chi connectivity index (χ1) is 14.4. The van der Waals surface area contributed by atoms with Crippen LogP contribution < -0.4 is 9.62 Å². The van der Waals surface area contributed by atoms with Gasteiger partial charge in [-0.25, -0.2) is 8.42 Å². The van der Waals surface area contributed by atoms with E-state index in [2.05, 4.69) is 19.2 Å². The van der Waals surface area contributed by atoms with E-state index >= 15 is 0 Å². The van der Waals surface area contributed by atoms with Crippen molar-refractivity contribution < 1.29 is 13.2 Å². The van der Waals surface area contributed by atoms with E-state index in [9.17, 15) is 13.2 Å². The Morgan fingerprint density at radius 1 is 0.967 bits per heavy atom. The Morgan fingerprint density at radius 3 is 2.50 bits per heavy atom. The molecule has 0 aliphatic carbocycles. The van der Waals surface area contributed by atoms with Crippen molar-refractivity contribution in [2.24, 2.45) is 0 Å². The summed E-state index contributed by atoms with van der Waals surface area (Å²) in [5.41, 5.74) is 3.79. The van der Waals surface area contributed by atoms with Crippen LogP contribution in [0.25, 0.3) is 0 Å². The highest BCUT2D eigenvalue weighted by molar-refractivity contribution is 7.92. The third-order valence-electron chi connectivity index (χ3n) is 5.36. The van der Waals surface area contributed by atoms with Crippen LogP contribution in [0.2, 0.25) is 0 Å². The number of carbonyl (C=O) groups excluding carboxylic acids is 1. The fraction of sp³-hybridized carbons (Fsp3) is 0.208. The summed E-state index contributed by atoms with van der Waals surface area (Å²) in [7, 11) is -3.75. The monoisotopic (exact) mass is 420 g/mol. The molecule has 0 atom stereocenters. The number of fused-ring (bicyclic) bond motifs is 1. The van der Waals surface area contributed by atoms with Crippen LogP contribution in [0.15, 0.2) is 77.7 Å². The zero-order chi connectivity index (χ0) is 21.3. The lowest BCUT2D eigenvalue weighted by Gasteiger charge is -2.20. The van der Waals surface area contributed by atoms with Crippen LogP contribution in [0.4, 0.5) is 11.4 Å². The summed E-state index contributed by atoms with van der Waals surface area (Å²) >= 11 is 0. The minimum absolute atomic E-state index is 0.115. The molecule has 1 aliphatic rings. The molecule has 0 saturated heterocycles. The highest BCUT2D eigenvalue weighted by atomic mass is 32.2. The number of amides is 1. The van der Waals surface area contributed by atoms with Gasteiger partial charge in [-0.05, 0) is 53.8 Å². The molecule has 1 aliphatic heterocycles. The number of para-hydroxylation sites is 2. The number of anilines is 2. The molecule has 0 unspecified atom stereocenters. The fourth-order valence-corrected chi connectivity index (χ4v) is 5.34. The van der Waals surface area contributed by atoms with Crippen molar-refractivity contribution >= 4 is 27.3 Å². The molecule has 0 bridgehead atoms. The summed E-state index contributed by atoms with van der Waals surface area (Å²) in [6.07, 6.45) is 0.682. The molecule has 0 spiro atoms. The van der Waals surface area contributed by atoms with Gasteiger partial charge in [0.15, 0.2) is 0 Å². The summed E-state index contributed by atoms with van der Waals surface area (Å²) in [5, 5.41) is 2.92. The molecule has 1 amide bonds. The average molecular weight is 421 g/mol. The molecule has 30 heavy (non-hydrogen) atoms. The molecule has 3 aromatic rings. The van der Waals surface area contributed by atoms with E-state index in [4.69, 9.17) is 0 Å². The maximum Gasteiger partial charge on any atom is 0.264 e. The molecule has 0 aromatic heterocycles. The average Bonchev–Trinajstić information content (AvgIpc) is 3.19. The maximum atomic E-state index is 13.3. The first-order valence-corrected chi connectivity index (χ1v) is 11.4. The van der Waals surface area contributed by atoms with Gasteiger partial charge in [0, 0.05) is 17.8 Å². The van der Waals surface area contributed by atoms with E-state index in [1.807, 2.05) is 48.5 Å². The van der Waals surface area contributed by atoms with E-state index in [0.717, 1.165) is 16.8 Å². The van der Waals surface area contributed by atoms with Crippen molar-refractivity contribution in [2.45, 2.75) is 31.1 Å². The van der Waals surface area contributed by atoms with E-state index in [-0.39, 0.29) is 16.7 Å². The van der Waals surface area contributed by atoms with E-state index in [1.165, 1.54) is 16.4 Å². The third-order valence-corrected chi connectivity index (χ3v) is 7.17. The molecule has 3 aromatic carbocycles. The maximum absolute atomic E-state index is 13.3. The first kappa shape index (κ1) is 20.2. The number of rotatable bonds is 5. The van der Waals surface area contributed by atoms with Crippen LogP contribution in [0.1, 0.15) is 41.3 Å². The fourth-order valence-electron chi connectivity index (χ4n) is 3.79. The number of carbonyl (C=O) groups is 1. The Labute approximate surface area is 177 Å². The molecule has 0 fully saturated rings. The second kappa shape index (κ2) is 7.95. The standard InChI is InChI=1S/C24H24N2O3S/c1-17(2)21-11-4-5-12-22(21)25-24(27)19-9-7-10-20(16-19)30(28,29)26-15-14-18-8-3-6-13-23(18)26/h3-13,16-17H,14-15H2,1-2H3,(H,25,27). The van der Waals surface area contributed by atoms with Gasteiger partial charge >= 0.3 is 0 Å². The highest BCUT2D eigenvalue weighted by Gasteiger charge is 2.31. The van der Waals surface area contributed by atoms with Gasteiger partial charge in [-0.3, -0.25) is 9.10 Å². The minimum atomic E-state index is -3.75. The Balaban J connectivity index is 1.63. The van der Waals surface area contributed by atoms with Gasteiger partial charge in [0.2, 0.25) is 0 Å². The molecule has 0 saturated carbocycles. The van der Waals surface area contributed by atoms with Crippen LogP contribution in [-0.2, 0) is 16.4 Å². The molecule has 0 radical (unpaired) electrons. The Bertz CT molecular complexity index is 1200. The van der Waals surface area contributed by atoms with Gasteiger partial charge in [-0.2, -0.15) is 0 Å². The van der Waals surface area contributed by atoms with Crippen molar-refractivity contribution in [3.8, 4) is 0 Å². The number of nitrogens with zero attached hydrogens (tertiary/aromatic N) is 1. The van der Waals surface area contributed by atoms with E-state index in [0.29, 0.717) is 24.2 Å². The normalized spacial score (nSPS) is 13.4. The van der Waals surface area contributed by atoms with Crippen molar-refractivity contribution in [2.75, 3.05) is 16.2 Å². The molecule has 5 nitrogen and oxygen atoms in total. The second-order valence-electron chi connectivity index (χ2n) is 7.68. The van der Waals surface area contributed by atoms with Crippen molar-refractivity contribution in [1.29, 1.82) is 0 Å². The Morgan fingerprint density at radius 2 is 1.70 bits per heavy atom. The van der Waals surface area contributed by atoms with Gasteiger partial charge in [0.05, 0.1) is 10.6 Å².